The summed E-state index contributed by atoms with van der Waals surface area (Å²) >= 11 is 1.29. The van der Waals surface area contributed by atoms with E-state index in [9.17, 15) is 9.59 Å². The van der Waals surface area contributed by atoms with Crippen molar-refractivity contribution in [1.82, 2.24) is 10.2 Å². The lowest BCUT2D eigenvalue weighted by Gasteiger charge is -2.03. The molecule has 1 amide bonds. The molecule has 0 saturated carbocycles. The van der Waals surface area contributed by atoms with Gasteiger partial charge in [-0.2, -0.15) is 0 Å². The van der Waals surface area contributed by atoms with Crippen LogP contribution in [0.1, 0.15) is 20.9 Å². The van der Waals surface area contributed by atoms with Gasteiger partial charge >= 0.3 is 0 Å². The molecule has 0 fully saturated rings. The van der Waals surface area contributed by atoms with Crippen LogP contribution in [-0.2, 0) is 0 Å². The zero-order chi connectivity index (χ0) is 16.8. The molecule has 0 spiro atoms. The van der Waals surface area contributed by atoms with E-state index in [1.165, 1.54) is 18.0 Å². The van der Waals surface area contributed by atoms with Gasteiger partial charge in [-0.15, -0.1) is 10.2 Å². The van der Waals surface area contributed by atoms with Crippen LogP contribution >= 0.6 is 11.8 Å². The van der Waals surface area contributed by atoms with E-state index in [-0.39, 0.29) is 17.3 Å². The summed E-state index contributed by atoms with van der Waals surface area (Å²) in [7, 11) is 0. The Morgan fingerprint density at radius 3 is 2.50 bits per heavy atom. The minimum Gasteiger partial charge on any atom is -0.459 e. The number of hydrogen-bond donors (Lipinski definition) is 1. The highest BCUT2D eigenvalue weighted by atomic mass is 32.2. The molecule has 0 radical (unpaired) electrons. The molecule has 24 heavy (non-hydrogen) atoms. The first kappa shape index (κ1) is 15.9. The molecule has 2 aromatic heterocycles. The molecule has 0 unspecified atom stereocenters. The Hall–Kier alpha value is -2.93. The van der Waals surface area contributed by atoms with Gasteiger partial charge in [0.1, 0.15) is 5.03 Å². The molecular weight excluding hydrogens is 326 g/mol. The number of nitrogens with zero attached hydrogens (tertiary/aromatic N) is 2. The van der Waals surface area contributed by atoms with E-state index in [0.29, 0.717) is 16.4 Å². The maximum absolute atomic E-state index is 12.0. The molecule has 0 aliphatic rings. The molecular formula is C17H13N3O3S. The van der Waals surface area contributed by atoms with Crippen LogP contribution in [0.4, 0.5) is 5.82 Å². The molecule has 1 N–H and O–H groups in total. The predicted molar refractivity (Wildman–Crippen MR) is 90.2 cm³/mol. The third-order valence-corrected chi connectivity index (χ3v) is 3.99. The second-order valence-electron chi connectivity index (χ2n) is 4.77. The van der Waals surface area contributed by atoms with E-state index < -0.39 is 5.91 Å². The molecule has 1 aromatic carbocycles. The Balaban J connectivity index is 1.55. The van der Waals surface area contributed by atoms with Crippen molar-refractivity contribution in [2.24, 2.45) is 0 Å². The number of thioether (sulfide) groups is 1. The third kappa shape index (κ3) is 4.08. The van der Waals surface area contributed by atoms with Gasteiger partial charge in [0.2, 0.25) is 0 Å². The number of furan rings is 1. The Labute approximate surface area is 142 Å². The maximum Gasteiger partial charge on any atom is 0.292 e. The average Bonchev–Trinajstić information content (AvgIpc) is 3.16. The standard InChI is InChI=1S/C17H13N3O3S/c21-13(12-5-2-1-3-6-12)11-24-16-9-8-15(19-20-16)18-17(22)14-7-4-10-23-14/h1-10H,11H2,(H,18,19,22). The SMILES string of the molecule is O=C(CSc1ccc(NC(=O)c2ccco2)nn1)c1ccccc1. The van der Waals surface area contributed by atoms with E-state index in [1.54, 1.807) is 36.4 Å². The summed E-state index contributed by atoms with van der Waals surface area (Å²) in [6, 6.07) is 15.6. The zero-order valence-corrected chi connectivity index (χ0v) is 13.3. The Bertz CT molecular complexity index is 818. The topological polar surface area (TPSA) is 85.1 Å². The Kier molecular flexibility index (Phi) is 5.02. The van der Waals surface area contributed by atoms with Crippen molar-refractivity contribution >= 4 is 29.3 Å². The van der Waals surface area contributed by atoms with Crippen LogP contribution in [0.5, 0.6) is 0 Å². The first-order chi connectivity index (χ1) is 11.7. The number of rotatable bonds is 6. The van der Waals surface area contributed by atoms with Crippen molar-refractivity contribution in [3.8, 4) is 0 Å². The molecule has 0 saturated heterocycles. The lowest BCUT2D eigenvalue weighted by Crippen LogP contribution is -2.12. The highest BCUT2D eigenvalue weighted by molar-refractivity contribution is 7.99. The number of ketones is 1. The smallest absolute Gasteiger partial charge is 0.292 e. The number of benzene rings is 1. The van der Waals surface area contributed by atoms with Crippen molar-refractivity contribution in [2.75, 3.05) is 11.1 Å². The summed E-state index contributed by atoms with van der Waals surface area (Å²) in [6.45, 7) is 0. The largest absolute Gasteiger partial charge is 0.459 e. The van der Waals surface area contributed by atoms with Gasteiger partial charge in [-0.3, -0.25) is 9.59 Å². The summed E-state index contributed by atoms with van der Waals surface area (Å²) < 4.78 is 5.00. The number of amides is 1. The van der Waals surface area contributed by atoms with Crippen LogP contribution in [0.2, 0.25) is 0 Å². The van der Waals surface area contributed by atoms with Gasteiger partial charge in [0, 0.05) is 5.56 Å². The van der Waals surface area contributed by atoms with E-state index >= 15 is 0 Å². The average molecular weight is 339 g/mol. The zero-order valence-electron chi connectivity index (χ0n) is 12.5. The second kappa shape index (κ2) is 7.56. The lowest BCUT2D eigenvalue weighted by molar-refractivity contribution is 0.0993. The van der Waals surface area contributed by atoms with Crippen molar-refractivity contribution in [3.05, 3.63) is 72.2 Å². The number of Topliss-reactive ketones (excluding diaryl/α,β-unsaturated/α-hetero) is 1. The molecule has 120 valence electrons. The van der Waals surface area contributed by atoms with Gasteiger partial charge < -0.3 is 9.73 Å². The van der Waals surface area contributed by atoms with Crippen LogP contribution < -0.4 is 5.32 Å². The van der Waals surface area contributed by atoms with Crippen LogP contribution in [0.3, 0.4) is 0 Å². The molecule has 0 bridgehead atoms. The summed E-state index contributed by atoms with van der Waals surface area (Å²) in [5.74, 6) is 0.418. The normalized spacial score (nSPS) is 10.3. The molecule has 7 heteroatoms. The van der Waals surface area contributed by atoms with Crippen molar-refractivity contribution in [3.63, 3.8) is 0 Å². The van der Waals surface area contributed by atoms with Crippen molar-refractivity contribution in [2.45, 2.75) is 5.03 Å². The minimum atomic E-state index is -0.394. The van der Waals surface area contributed by atoms with Gasteiger partial charge in [-0.25, -0.2) is 0 Å². The van der Waals surface area contributed by atoms with E-state index in [1.807, 2.05) is 18.2 Å². The molecule has 3 aromatic rings. The molecule has 2 heterocycles. The quantitative estimate of drug-likeness (QED) is 0.548. The fourth-order valence-corrected chi connectivity index (χ4v) is 2.60. The third-order valence-electron chi connectivity index (χ3n) is 3.07. The number of aromatic nitrogens is 2. The summed E-state index contributed by atoms with van der Waals surface area (Å²) in [5.41, 5.74) is 0.667. The molecule has 0 aliphatic carbocycles. The first-order valence-electron chi connectivity index (χ1n) is 7.12. The highest BCUT2D eigenvalue weighted by Gasteiger charge is 2.10. The number of carbonyl (C=O) groups excluding carboxylic acids is 2. The summed E-state index contributed by atoms with van der Waals surface area (Å²) in [4.78, 5) is 23.8. The fourth-order valence-electron chi connectivity index (χ4n) is 1.90. The summed E-state index contributed by atoms with van der Waals surface area (Å²) in [5, 5.41) is 11.1. The van der Waals surface area contributed by atoms with Crippen molar-refractivity contribution < 1.29 is 14.0 Å². The van der Waals surface area contributed by atoms with Gasteiger partial charge in [0.15, 0.2) is 17.4 Å². The molecule has 3 rings (SSSR count). The minimum absolute atomic E-state index is 0.0256. The Morgan fingerprint density at radius 2 is 1.83 bits per heavy atom. The van der Waals surface area contributed by atoms with Gasteiger partial charge in [0.25, 0.3) is 5.91 Å². The number of hydrogen-bond acceptors (Lipinski definition) is 6. The summed E-state index contributed by atoms with van der Waals surface area (Å²) in [6.07, 6.45) is 1.42. The lowest BCUT2D eigenvalue weighted by atomic mass is 10.2. The van der Waals surface area contributed by atoms with Gasteiger partial charge in [0.05, 0.1) is 12.0 Å². The van der Waals surface area contributed by atoms with Crippen molar-refractivity contribution in [1.29, 1.82) is 0 Å². The van der Waals surface area contributed by atoms with Gasteiger partial charge in [-0.1, -0.05) is 42.1 Å². The Morgan fingerprint density at radius 1 is 1.00 bits per heavy atom. The van der Waals surface area contributed by atoms with E-state index in [2.05, 4.69) is 15.5 Å². The predicted octanol–water partition coefficient (Wildman–Crippen LogP) is 3.30. The second-order valence-corrected chi connectivity index (χ2v) is 5.76. The molecule has 6 nitrogen and oxygen atoms in total. The van der Waals surface area contributed by atoms with E-state index in [0.717, 1.165) is 0 Å². The number of carbonyl (C=O) groups is 2. The number of anilines is 1. The van der Waals surface area contributed by atoms with Crippen LogP contribution in [0.15, 0.2) is 70.3 Å². The first-order valence-corrected chi connectivity index (χ1v) is 8.10. The number of nitrogens with one attached hydrogen (secondary N) is 1. The molecule has 0 aliphatic heterocycles. The fraction of sp³-hybridized carbons (Fsp3) is 0.0588. The highest BCUT2D eigenvalue weighted by Crippen LogP contribution is 2.17. The molecule has 0 atom stereocenters. The van der Waals surface area contributed by atoms with Crippen LogP contribution in [0, 0.1) is 0 Å². The van der Waals surface area contributed by atoms with E-state index in [4.69, 9.17) is 4.42 Å². The maximum atomic E-state index is 12.0. The van der Waals surface area contributed by atoms with Crippen LogP contribution in [0.25, 0.3) is 0 Å². The monoisotopic (exact) mass is 339 g/mol. The van der Waals surface area contributed by atoms with Crippen LogP contribution in [-0.4, -0.2) is 27.6 Å². The van der Waals surface area contributed by atoms with Gasteiger partial charge in [-0.05, 0) is 24.3 Å².